The van der Waals surface area contributed by atoms with E-state index in [-0.39, 0.29) is 6.61 Å². The van der Waals surface area contributed by atoms with Crippen LogP contribution in [0.5, 0.6) is 0 Å². The SMILES string of the molecule is CCOC(=O)c1cc2c(Cl)ccc(C(=O)OC(C)(C)C)c2n1C. The molecule has 1 aromatic carbocycles. The third-order valence-corrected chi connectivity index (χ3v) is 3.57. The second-order valence-corrected chi connectivity index (χ2v) is 6.58. The number of esters is 2. The van der Waals surface area contributed by atoms with Crippen molar-refractivity contribution in [3.05, 3.63) is 34.5 Å². The molecule has 0 aliphatic rings. The summed E-state index contributed by atoms with van der Waals surface area (Å²) in [5, 5.41) is 1.07. The van der Waals surface area contributed by atoms with Gasteiger partial charge < -0.3 is 14.0 Å². The summed E-state index contributed by atoms with van der Waals surface area (Å²) in [6.07, 6.45) is 0. The molecule has 6 heteroatoms. The van der Waals surface area contributed by atoms with Crippen LogP contribution in [0.15, 0.2) is 18.2 Å². The average molecular weight is 338 g/mol. The number of aromatic nitrogens is 1. The van der Waals surface area contributed by atoms with Gasteiger partial charge in [0, 0.05) is 12.4 Å². The van der Waals surface area contributed by atoms with Gasteiger partial charge in [0.25, 0.3) is 0 Å². The maximum atomic E-state index is 12.4. The van der Waals surface area contributed by atoms with E-state index in [1.54, 1.807) is 57.5 Å². The Bertz CT molecular complexity index is 771. The van der Waals surface area contributed by atoms with Crippen LogP contribution in [0.2, 0.25) is 5.02 Å². The zero-order valence-corrected chi connectivity index (χ0v) is 14.7. The fourth-order valence-electron chi connectivity index (χ4n) is 2.33. The third-order valence-electron chi connectivity index (χ3n) is 3.25. The second kappa shape index (κ2) is 6.24. The standard InChI is InChI=1S/C17H20ClNO4/c1-6-22-16(21)13-9-11-12(18)8-7-10(14(11)19(13)5)15(20)23-17(2,3)4/h7-9H,6H2,1-5H3. The normalized spacial score (nSPS) is 11.6. The topological polar surface area (TPSA) is 57.5 Å². The van der Waals surface area contributed by atoms with E-state index < -0.39 is 17.5 Å². The Morgan fingerprint density at radius 1 is 1.22 bits per heavy atom. The number of carbonyl (C=O) groups is 2. The number of hydrogen-bond acceptors (Lipinski definition) is 4. The van der Waals surface area contributed by atoms with E-state index in [0.717, 1.165) is 0 Å². The molecular formula is C17H20ClNO4. The van der Waals surface area contributed by atoms with Crippen LogP contribution in [0, 0.1) is 0 Å². The van der Waals surface area contributed by atoms with Crippen molar-refractivity contribution in [3.63, 3.8) is 0 Å². The number of aryl methyl sites for hydroxylation is 1. The lowest BCUT2D eigenvalue weighted by molar-refractivity contribution is 0.00709. The number of fused-ring (bicyclic) bond motifs is 1. The van der Waals surface area contributed by atoms with Gasteiger partial charge in [-0.1, -0.05) is 11.6 Å². The first kappa shape index (κ1) is 17.3. The summed E-state index contributed by atoms with van der Waals surface area (Å²) in [6.45, 7) is 7.40. The molecule has 1 heterocycles. The molecule has 0 atom stereocenters. The van der Waals surface area contributed by atoms with Gasteiger partial charge in [0.05, 0.1) is 22.7 Å². The number of rotatable bonds is 3. The van der Waals surface area contributed by atoms with Gasteiger partial charge in [-0.15, -0.1) is 0 Å². The smallest absolute Gasteiger partial charge is 0.354 e. The van der Waals surface area contributed by atoms with Crippen LogP contribution >= 0.6 is 11.6 Å². The van der Waals surface area contributed by atoms with E-state index >= 15 is 0 Å². The van der Waals surface area contributed by atoms with Crippen LogP contribution in [-0.4, -0.2) is 28.7 Å². The van der Waals surface area contributed by atoms with E-state index in [1.807, 2.05) is 0 Å². The van der Waals surface area contributed by atoms with E-state index in [2.05, 4.69) is 0 Å². The van der Waals surface area contributed by atoms with Gasteiger partial charge in [-0.25, -0.2) is 9.59 Å². The molecule has 0 N–H and O–H groups in total. The molecule has 0 aliphatic heterocycles. The third kappa shape index (κ3) is 3.50. The molecule has 1 aromatic heterocycles. The number of benzene rings is 1. The van der Waals surface area contributed by atoms with E-state index in [4.69, 9.17) is 21.1 Å². The number of hydrogen-bond donors (Lipinski definition) is 0. The molecule has 0 saturated carbocycles. The van der Waals surface area contributed by atoms with E-state index in [1.165, 1.54) is 0 Å². The van der Waals surface area contributed by atoms with Gasteiger partial charge in [0.15, 0.2) is 0 Å². The average Bonchev–Trinajstić information content (AvgIpc) is 2.77. The van der Waals surface area contributed by atoms with Crippen molar-refractivity contribution in [2.24, 2.45) is 7.05 Å². The van der Waals surface area contributed by atoms with Crippen molar-refractivity contribution in [1.29, 1.82) is 0 Å². The van der Waals surface area contributed by atoms with Crippen molar-refractivity contribution in [2.75, 3.05) is 6.61 Å². The van der Waals surface area contributed by atoms with Crippen molar-refractivity contribution in [1.82, 2.24) is 4.57 Å². The molecular weight excluding hydrogens is 318 g/mol. The summed E-state index contributed by atoms with van der Waals surface area (Å²) in [5.41, 5.74) is 0.630. The molecule has 124 valence electrons. The number of ether oxygens (including phenoxy) is 2. The highest BCUT2D eigenvalue weighted by Gasteiger charge is 2.24. The largest absolute Gasteiger partial charge is 0.461 e. The molecule has 0 aliphatic carbocycles. The first-order valence-electron chi connectivity index (χ1n) is 7.34. The lowest BCUT2D eigenvalue weighted by Gasteiger charge is -2.20. The molecule has 0 radical (unpaired) electrons. The summed E-state index contributed by atoms with van der Waals surface area (Å²) in [4.78, 5) is 24.5. The predicted molar refractivity (Wildman–Crippen MR) is 89.1 cm³/mol. The van der Waals surface area contributed by atoms with Gasteiger partial charge in [-0.05, 0) is 45.9 Å². The van der Waals surface area contributed by atoms with Crippen LogP contribution in [-0.2, 0) is 16.5 Å². The minimum Gasteiger partial charge on any atom is -0.461 e. The molecule has 0 fully saturated rings. The minimum atomic E-state index is -0.613. The zero-order valence-electron chi connectivity index (χ0n) is 13.9. The molecule has 0 bridgehead atoms. The molecule has 2 rings (SSSR count). The molecule has 0 amide bonds. The summed E-state index contributed by atoms with van der Waals surface area (Å²) in [6, 6.07) is 4.86. The summed E-state index contributed by atoms with van der Waals surface area (Å²) < 4.78 is 12.1. The molecule has 5 nitrogen and oxygen atoms in total. The first-order chi connectivity index (χ1) is 10.7. The van der Waals surface area contributed by atoms with Crippen molar-refractivity contribution >= 4 is 34.4 Å². The molecule has 0 spiro atoms. The van der Waals surface area contributed by atoms with Gasteiger partial charge in [0.1, 0.15) is 11.3 Å². The zero-order chi connectivity index (χ0) is 17.4. The monoisotopic (exact) mass is 337 g/mol. The predicted octanol–water partition coefficient (Wildman–Crippen LogP) is 3.96. The van der Waals surface area contributed by atoms with Crippen LogP contribution in [0.3, 0.4) is 0 Å². The van der Waals surface area contributed by atoms with Gasteiger partial charge in [-0.3, -0.25) is 0 Å². The Kier molecular flexibility index (Phi) is 4.71. The molecule has 0 saturated heterocycles. The van der Waals surface area contributed by atoms with Crippen LogP contribution in [0.4, 0.5) is 0 Å². The van der Waals surface area contributed by atoms with Crippen molar-refractivity contribution in [2.45, 2.75) is 33.3 Å². The minimum absolute atomic E-state index is 0.271. The maximum Gasteiger partial charge on any atom is 0.354 e. The highest BCUT2D eigenvalue weighted by atomic mass is 35.5. The fraction of sp³-hybridized carbons (Fsp3) is 0.412. The highest BCUT2D eigenvalue weighted by Crippen LogP contribution is 2.30. The Hall–Kier alpha value is -2.01. The summed E-state index contributed by atoms with van der Waals surface area (Å²) in [7, 11) is 1.69. The number of carbonyl (C=O) groups excluding carboxylic acids is 2. The van der Waals surface area contributed by atoms with E-state index in [9.17, 15) is 9.59 Å². The second-order valence-electron chi connectivity index (χ2n) is 6.17. The molecule has 23 heavy (non-hydrogen) atoms. The molecule has 0 unspecified atom stereocenters. The van der Waals surface area contributed by atoms with Gasteiger partial charge in [0.2, 0.25) is 0 Å². The lowest BCUT2D eigenvalue weighted by Crippen LogP contribution is -2.24. The lowest BCUT2D eigenvalue weighted by atomic mass is 10.1. The Labute approximate surface area is 140 Å². The quantitative estimate of drug-likeness (QED) is 0.795. The summed E-state index contributed by atoms with van der Waals surface area (Å²) >= 11 is 6.22. The summed E-state index contributed by atoms with van der Waals surface area (Å²) in [5.74, 6) is -0.923. The van der Waals surface area contributed by atoms with Crippen molar-refractivity contribution < 1.29 is 19.1 Å². The van der Waals surface area contributed by atoms with Crippen LogP contribution < -0.4 is 0 Å². The number of nitrogens with zero attached hydrogens (tertiary/aromatic N) is 1. The Morgan fingerprint density at radius 3 is 2.43 bits per heavy atom. The molecule has 2 aromatic rings. The number of halogens is 1. The van der Waals surface area contributed by atoms with E-state index in [0.29, 0.717) is 27.2 Å². The van der Waals surface area contributed by atoms with Crippen LogP contribution in [0.1, 0.15) is 48.5 Å². The fourth-order valence-corrected chi connectivity index (χ4v) is 2.54. The van der Waals surface area contributed by atoms with Gasteiger partial charge in [-0.2, -0.15) is 0 Å². The van der Waals surface area contributed by atoms with Gasteiger partial charge >= 0.3 is 11.9 Å². The first-order valence-corrected chi connectivity index (χ1v) is 7.72. The Balaban J connectivity index is 2.62. The Morgan fingerprint density at radius 2 is 1.87 bits per heavy atom. The highest BCUT2D eigenvalue weighted by molar-refractivity contribution is 6.36. The maximum absolute atomic E-state index is 12.4. The van der Waals surface area contributed by atoms with Crippen LogP contribution in [0.25, 0.3) is 10.9 Å². The van der Waals surface area contributed by atoms with Crippen molar-refractivity contribution in [3.8, 4) is 0 Å².